The molecule has 192 valence electrons. The molecule has 1 heterocycles. The van der Waals surface area contributed by atoms with E-state index < -0.39 is 10.0 Å². The maximum atomic E-state index is 13.0. The topological polar surface area (TPSA) is 75.7 Å². The molecule has 1 N–H and O–H groups in total. The molecule has 2 aromatic carbocycles. The minimum absolute atomic E-state index is 0.0509. The van der Waals surface area contributed by atoms with Crippen LogP contribution < -0.4 is 10.1 Å². The lowest BCUT2D eigenvalue weighted by Crippen LogP contribution is -2.43. The third-order valence-electron chi connectivity index (χ3n) is 6.67. The average molecular weight is 542 g/mol. The molecule has 0 unspecified atom stereocenters. The number of halogens is 2. The fraction of sp³-hybridized carbons (Fsp3) is 0.500. The summed E-state index contributed by atoms with van der Waals surface area (Å²) in [4.78, 5) is 13.0. The number of aryl methyl sites for hydroxylation is 1. The molecule has 1 fully saturated rings. The maximum absolute atomic E-state index is 13.0. The molecule has 1 aliphatic rings. The van der Waals surface area contributed by atoms with Crippen LogP contribution in [0.3, 0.4) is 0 Å². The zero-order chi connectivity index (χ0) is 25.9. The molecule has 0 aliphatic carbocycles. The second kappa shape index (κ2) is 11.5. The van der Waals surface area contributed by atoms with Crippen molar-refractivity contribution < 1.29 is 17.9 Å². The van der Waals surface area contributed by atoms with Crippen molar-refractivity contribution in [2.24, 2.45) is 5.92 Å². The Morgan fingerprint density at radius 3 is 2.26 bits per heavy atom. The highest BCUT2D eigenvalue weighted by atomic mass is 35.5. The van der Waals surface area contributed by atoms with Crippen LogP contribution in [0.5, 0.6) is 5.75 Å². The van der Waals surface area contributed by atoms with E-state index in [2.05, 4.69) is 25.2 Å². The lowest BCUT2D eigenvalue weighted by molar-refractivity contribution is -0.126. The lowest BCUT2D eigenvalue weighted by Gasteiger charge is -2.31. The molecule has 1 amide bonds. The smallest absolute Gasteiger partial charge is 0.223 e. The van der Waals surface area contributed by atoms with Crippen LogP contribution in [0.25, 0.3) is 0 Å². The monoisotopic (exact) mass is 540 g/mol. The summed E-state index contributed by atoms with van der Waals surface area (Å²) in [5.41, 5.74) is 3.61. The molecule has 3 rings (SSSR count). The van der Waals surface area contributed by atoms with E-state index in [9.17, 15) is 13.2 Å². The number of carbonyl (C=O) groups is 1. The summed E-state index contributed by atoms with van der Waals surface area (Å²) in [5.74, 6) is 0.598. The third-order valence-corrected chi connectivity index (χ3v) is 9.19. The number of piperidine rings is 1. The van der Waals surface area contributed by atoms with E-state index >= 15 is 0 Å². The maximum Gasteiger partial charge on any atom is 0.223 e. The van der Waals surface area contributed by atoms with Gasteiger partial charge in [0.1, 0.15) is 5.75 Å². The molecule has 9 heteroatoms. The highest BCUT2D eigenvalue weighted by molar-refractivity contribution is 7.88. The van der Waals surface area contributed by atoms with Crippen LogP contribution in [0, 0.1) is 12.8 Å². The standard InChI is InChI=1S/C26H34Cl2N2O4S/c1-16(2)20-14-21(17(3)13-25(20)34-5)18(4)29-26(31)19-9-11-30(12-10-19)35(32,33)15-22-23(27)7-6-8-24(22)28/h6-8,13-14,16,18-19H,9-12,15H2,1-5H3,(H,29,31)/t18-/m1/s1. The number of methoxy groups -OCH3 is 1. The Morgan fingerprint density at radius 2 is 1.71 bits per heavy atom. The Balaban J connectivity index is 1.63. The number of hydrogen-bond acceptors (Lipinski definition) is 4. The highest BCUT2D eigenvalue weighted by Gasteiger charge is 2.32. The van der Waals surface area contributed by atoms with Crippen LogP contribution in [-0.2, 0) is 20.6 Å². The number of sulfonamides is 1. The van der Waals surface area contributed by atoms with Gasteiger partial charge in [-0.15, -0.1) is 0 Å². The van der Waals surface area contributed by atoms with Gasteiger partial charge in [0.25, 0.3) is 0 Å². The highest BCUT2D eigenvalue weighted by Crippen LogP contribution is 2.33. The van der Waals surface area contributed by atoms with Gasteiger partial charge in [0.2, 0.25) is 15.9 Å². The van der Waals surface area contributed by atoms with Gasteiger partial charge in [-0.25, -0.2) is 12.7 Å². The predicted molar refractivity (Wildman–Crippen MR) is 142 cm³/mol. The molecule has 0 bridgehead atoms. The first kappa shape index (κ1) is 27.8. The number of amides is 1. The van der Waals surface area contributed by atoms with E-state index in [4.69, 9.17) is 27.9 Å². The van der Waals surface area contributed by atoms with Crippen LogP contribution in [0.4, 0.5) is 0 Å². The summed E-state index contributed by atoms with van der Waals surface area (Å²) < 4.78 is 32.9. The first-order chi connectivity index (χ1) is 16.4. The molecule has 1 aliphatic heterocycles. The second-order valence-corrected chi connectivity index (χ2v) is 12.2. The summed E-state index contributed by atoms with van der Waals surface area (Å²) in [5, 5.41) is 3.80. The van der Waals surface area contributed by atoms with Crippen molar-refractivity contribution in [2.75, 3.05) is 20.2 Å². The molecule has 1 atom stereocenters. The number of rotatable bonds is 8. The fourth-order valence-corrected chi connectivity index (χ4v) is 6.87. The van der Waals surface area contributed by atoms with E-state index in [1.807, 2.05) is 19.9 Å². The van der Waals surface area contributed by atoms with Gasteiger partial charge in [-0.1, -0.05) is 43.1 Å². The van der Waals surface area contributed by atoms with Gasteiger partial charge < -0.3 is 10.1 Å². The van der Waals surface area contributed by atoms with Gasteiger partial charge in [0, 0.05) is 34.6 Å². The molecule has 35 heavy (non-hydrogen) atoms. The number of nitrogens with one attached hydrogen (secondary N) is 1. The van der Waals surface area contributed by atoms with Crippen molar-refractivity contribution in [3.8, 4) is 5.75 Å². The summed E-state index contributed by atoms with van der Waals surface area (Å²) >= 11 is 12.3. The quantitative estimate of drug-likeness (QED) is 0.455. The van der Waals surface area contributed by atoms with Crippen molar-refractivity contribution >= 4 is 39.1 Å². The Kier molecular flexibility index (Phi) is 9.13. The molecular formula is C26H34Cl2N2O4S. The molecule has 1 saturated heterocycles. The van der Waals surface area contributed by atoms with Crippen molar-refractivity contribution in [3.63, 3.8) is 0 Å². The van der Waals surface area contributed by atoms with E-state index in [0.29, 0.717) is 34.4 Å². The number of nitrogens with zero attached hydrogens (tertiary/aromatic N) is 1. The van der Waals surface area contributed by atoms with Gasteiger partial charge in [-0.05, 0) is 73.6 Å². The number of benzene rings is 2. The van der Waals surface area contributed by atoms with Crippen LogP contribution >= 0.6 is 23.2 Å². The van der Waals surface area contributed by atoms with E-state index in [0.717, 1.165) is 22.4 Å². The van der Waals surface area contributed by atoms with Crippen molar-refractivity contribution in [1.29, 1.82) is 0 Å². The zero-order valence-electron chi connectivity index (χ0n) is 20.9. The molecule has 0 radical (unpaired) electrons. The van der Waals surface area contributed by atoms with Gasteiger partial charge >= 0.3 is 0 Å². The normalized spacial score (nSPS) is 16.3. The lowest BCUT2D eigenvalue weighted by atomic mass is 9.92. The van der Waals surface area contributed by atoms with Crippen molar-refractivity contribution in [3.05, 3.63) is 62.6 Å². The number of hydrogen-bond donors (Lipinski definition) is 1. The summed E-state index contributed by atoms with van der Waals surface area (Å²) in [6.07, 6.45) is 0.930. The summed E-state index contributed by atoms with van der Waals surface area (Å²) in [6, 6.07) is 8.90. The van der Waals surface area contributed by atoms with Crippen LogP contribution in [-0.4, -0.2) is 38.8 Å². The second-order valence-electron chi connectivity index (χ2n) is 9.47. The van der Waals surface area contributed by atoms with Crippen LogP contribution in [0.1, 0.15) is 67.8 Å². The van der Waals surface area contributed by atoms with Gasteiger partial charge in [-0.3, -0.25) is 4.79 Å². The Morgan fingerprint density at radius 1 is 1.11 bits per heavy atom. The number of carbonyl (C=O) groups excluding carboxylic acids is 1. The minimum Gasteiger partial charge on any atom is -0.496 e. The van der Waals surface area contributed by atoms with E-state index in [1.54, 1.807) is 25.3 Å². The van der Waals surface area contributed by atoms with Crippen molar-refractivity contribution in [2.45, 2.75) is 58.2 Å². The molecule has 6 nitrogen and oxygen atoms in total. The first-order valence-corrected chi connectivity index (χ1v) is 14.2. The van der Waals surface area contributed by atoms with E-state index in [1.165, 1.54) is 4.31 Å². The van der Waals surface area contributed by atoms with Crippen molar-refractivity contribution in [1.82, 2.24) is 9.62 Å². The van der Waals surface area contributed by atoms with E-state index in [-0.39, 0.29) is 36.7 Å². The third kappa shape index (κ3) is 6.50. The average Bonchev–Trinajstić information content (AvgIpc) is 2.81. The Hall–Kier alpha value is -1.80. The minimum atomic E-state index is -3.60. The predicted octanol–water partition coefficient (Wildman–Crippen LogP) is 5.85. The molecule has 0 saturated carbocycles. The van der Waals surface area contributed by atoms with Gasteiger partial charge in [0.05, 0.1) is 18.9 Å². The SMILES string of the molecule is COc1cc(C)c([C@@H](C)NC(=O)C2CCN(S(=O)(=O)Cc3c(Cl)cccc3Cl)CC2)cc1C(C)C. The largest absolute Gasteiger partial charge is 0.496 e. The molecule has 2 aromatic rings. The van der Waals surface area contributed by atoms with Crippen LogP contribution in [0.2, 0.25) is 10.0 Å². The first-order valence-electron chi connectivity index (χ1n) is 11.8. The number of ether oxygens (including phenoxy) is 1. The molecule has 0 aromatic heterocycles. The summed E-state index contributed by atoms with van der Waals surface area (Å²) in [6.45, 7) is 8.79. The molecule has 0 spiro atoms. The Labute approximate surface area is 219 Å². The van der Waals surface area contributed by atoms with Gasteiger partial charge in [-0.2, -0.15) is 0 Å². The van der Waals surface area contributed by atoms with Gasteiger partial charge in [0.15, 0.2) is 0 Å². The molecular weight excluding hydrogens is 507 g/mol. The Bertz CT molecular complexity index is 1160. The zero-order valence-corrected chi connectivity index (χ0v) is 23.2. The van der Waals surface area contributed by atoms with Crippen LogP contribution in [0.15, 0.2) is 30.3 Å². The fourth-order valence-electron chi connectivity index (χ4n) is 4.56. The summed E-state index contributed by atoms with van der Waals surface area (Å²) in [7, 11) is -1.93.